The fourth-order valence-corrected chi connectivity index (χ4v) is 3.93. The molecule has 0 aliphatic carbocycles. The quantitative estimate of drug-likeness (QED) is 0.522. The lowest BCUT2D eigenvalue weighted by Crippen LogP contribution is -2.26. The first-order valence-electron chi connectivity index (χ1n) is 10.2. The molecule has 0 saturated carbocycles. The molecule has 0 radical (unpaired) electrons. The SMILES string of the molecule is CCCCn1nc(C(=O)Nc2cc(-c3ccc(C)cc3)sc2C(=O)OCC)ccc1=O. The summed E-state index contributed by atoms with van der Waals surface area (Å²) in [7, 11) is 0. The molecule has 8 heteroatoms. The number of carbonyl (C=O) groups excluding carboxylic acids is 2. The van der Waals surface area contributed by atoms with Crippen LogP contribution in [0.3, 0.4) is 0 Å². The van der Waals surface area contributed by atoms with E-state index in [0.717, 1.165) is 28.8 Å². The highest BCUT2D eigenvalue weighted by molar-refractivity contribution is 7.18. The number of aryl methyl sites for hydroxylation is 2. The van der Waals surface area contributed by atoms with Crippen LogP contribution in [0.4, 0.5) is 5.69 Å². The molecular weight excluding hydrogens is 414 g/mol. The van der Waals surface area contributed by atoms with Crippen LogP contribution < -0.4 is 10.9 Å². The standard InChI is InChI=1S/C23H25N3O4S/c1-4-6-13-26-20(27)12-11-17(25-26)22(28)24-18-14-19(16-9-7-15(3)8-10-16)31-21(18)23(29)30-5-2/h7-12,14H,4-6,13H2,1-3H3,(H,24,28). The first-order valence-corrected chi connectivity index (χ1v) is 11.0. The predicted octanol–water partition coefficient (Wildman–Crippen LogP) is 4.51. The second-order valence-electron chi connectivity index (χ2n) is 7.03. The van der Waals surface area contributed by atoms with Gasteiger partial charge in [-0.15, -0.1) is 11.3 Å². The van der Waals surface area contributed by atoms with E-state index >= 15 is 0 Å². The molecule has 0 aliphatic rings. The van der Waals surface area contributed by atoms with Crippen molar-refractivity contribution in [2.45, 2.75) is 40.2 Å². The summed E-state index contributed by atoms with van der Waals surface area (Å²) in [6.45, 7) is 6.42. The molecule has 0 unspecified atom stereocenters. The first kappa shape index (κ1) is 22.4. The highest BCUT2D eigenvalue weighted by Crippen LogP contribution is 2.35. The normalized spacial score (nSPS) is 10.7. The number of benzene rings is 1. The molecule has 3 aromatic rings. The van der Waals surface area contributed by atoms with Crippen LogP contribution in [0, 0.1) is 6.92 Å². The second-order valence-corrected chi connectivity index (χ2v) is 8.08. The molecule has 0 fully saturated rings. The van der Waals surface area contributed by atoms with Crippen LogP contribution in [0.5, 0.6) is 0 Å². The molecule has 0 spiro atoms. The van der Waals surface area contributed by atoms with Gasteiger partial charge in [-0.1, -0.05) is 43.2 Å². The maximum Gasteiger partial charge on any atom is 0.350 e. The molecule has 3 rings (SSSR count). The summed E-state index contributed by atoms with van der Waals surface area (Å²) in [4.78, 5) is 38.4. The minimum Gasteiger partial charge on any atom is -0.462 e. The van der Waals surface area contributed by atoms with Crippen LogP contribution >= 0.6 is 11.3 Å². The van der Waals surface area contributed by atoms with Gasteiger partial charge in [-0.3, -0.25) is 9.59 Å². The van der Waals surface area contributed by atoms with Gasteiger partial charge in [0.05, 0.1) is 12.3 Å². The van der Waals surface area contributed by atoms with Crippen LogP contribution in [-0.4, -0.2) is 28.3 Å². The molecule has 7 nitrogen and oxygen atoms in total. The number of hydrogen-bond acceptors (Lipinski definition) is 6. The Hall–Kier alpha value is -3.26. The zero-order chi connectivity index (χ0) is 22.4. The van der Waals surface area contributed by atoms with Crippen molar-refractivity contribution in [3.05, 3.63) is 69.0 Å². The third-order valence-corrected chi connectivity index (χ3v) is 5.76. The highest BCUT2D eigenvalue weighted by atomic mass is 32.1. The van der Waals surface area contributed by atoms with Crippen LogP contribution in [0.25, 0.3) is 10.4 Å². The maximum absolute atomic E-state index is 12.8. The van der Waals surface area contributed by atoms with Crippen molar-refractivity contribution in [1.29, 1.82) is 0 Å². The van der Waals surface area contributed by atoms with Crippen molar-refractivity contribution in [3.63, 3.8) is 0 Å². The van der Waals surface area contributed by atoms with Crippen molar-refractivity contribution in [3.8, 4) is 10.4 Å². The van der Waals surface area contributed by atoms with Gasteiger partial charge in [0, 0.05) is 17.5 Å². The number of anilines is 1. The molecule has 31 heavy (non-hydrogen) atoms. The molecule has 0 saturated heterocycles. The van der Waals surface area contributed by atoms with Crippen molar-refractivity contribution in [2.24, 2.45) is 0 Å². The number of nitrogens with one attached hydrogen (secondary N) is 1. The summed E-state index contributed by atoms with van der Waals surface area (Å²) in [5, 5.41) is 6.93. The van der Waals surface area contributed by atoms with Gasteiger partial charge in [-0.05, 0) is 38.0 Å². The molecule has 162 valence electrons. The van der Waals surface area contributed by atoms with Crippen molar-refractivity contribution in [2.75, 3.05) is 11.9 Å². The van der Waals surface area contributed by atoms with Gasteiger partial charge in [0.2, 0.25) is 0 Å². The molecule has 2 aromatic heterocycles. The molecule has 1 amide bonds. The Labute approximate surface area is 184 Å². The molecule has 2 heterocycles. The van der Waals surface area contributed by atoms with Crippen molar-refractivity contribution in [1.82, 2.24) is 9.78 Å². The fraction of sp³-hybridized carbons (Fsp3) is 0.304. The van der Waals surface area contributed by atoms with E-state index in [0.29, 0.717) is 17.1 Å². The number of thiophene rings is 1. The summed E-state index contributed by atoms with van der Waals surface area (Å²) in [6.07, 6.45) is 1.69. The van der Waals surface area contributed by atoms with E-state index < -0.39 is 11.9 Å². The van der Waals surface area contributed by atoms with Gasteiger partial charge in [0.25, 0.3) is 11.5 Å². The number of ether oxygens (including phenoxy) is 1. The van der Waals surface area contributed by atoms with Crippen LogP contribution in [-0.2, 0) is 11.3 Å². The first-order chi connectivity index (χ1) is 14.9. The van der Waals surface area contributed by atoms with Crippen LogP contribution in [0.1, 0.15) is 52.4 Å². The minimum atomic E-state index is -0.498. The third kappa shape index (κ3) is 5.46. The van der Waals surface area contributed by atoms with Crippen LogP contribution in [0.15, 0.2) is 47.3 Å². The largest absolute Gasteiger partial charge is 0.462 e. The zero-order valence-electron chi connectivity index (χ0n) is 17.8. The van der Waals surface area contributed by atoms with Gasteiger partial charge in [0.15, 0.2) is 0 Å². The van der Waals surface area contributed by atoms with E-state index in [-0.39, 0.29) is 17.9 Å². The van der Waals surface area contributed by atoms with Gasteiger partial charge in [0.1, 0.15) is 10.6 Å². The molecular formula is C23H25N3O4S. The molecule has 0 aliphatic heterocycles. The average molecular weight is 440 g/mol. The van der Waals surface area contributed by atoms with E-state index in [2.05, 4.69) is 10.4 Å². The Kier molecular flexibility index (Phi) is 7.36. The number of amides is 1. The van der Waals surface area contributed by atoms with E-state index in [1.54, 1.807) is 13.0 Å². The highest BCUT2D eigenvalue weighted by Gasteiger charge is 2.21. The monoisotopic (exact) mass is 439 g/mol. The van der Waals surface area contributed by atoms with Gasteiger partial charge >= 0.3 is 5.97 Å². The van der Waals surface area contributed by atoms with E-state index in [4.69, 9.17) is 4.74 Å². The van der Waals surface area contributed by atoms with Gasteiger partial charge in [-0.2, -0.15) is 5.10 Å². The van der Waals surface area contributed by atoms with E-state index in [1.807, 2.05) is 38.1 Å². The number of nitrogens with zero attached hydrogens (tertiary/aromatic N) is 2. The summed E-state index contributed by atoms with van der Waals surface area (Å²) in [6, 6.07) is 12.4. The maximum atomic E-state index is 12.8. The lowest BCUT2D eigenvalue weighted by Gasteiger charge is -2.08. The number of rotatable bonds is 8. The number of esters is 1. The summed E-state index contributed by atoms with van der Waals surface area (Å²) < 4.78 is 6.45. The Morgan fingerprint density at radius 2 is 1.87 bits per heavy atom. The Bertz CT molecular complexity index is 1130. The predicted molar refractivity (Wildman–Crippen MR) is 122 cm³/mol. The smallest absolute Gasteiger partial charge is 0.350 e. The number of aromatic nitrogens is 2. The van der Waals surface area contributed by atoms with Crippen molar-refractivity contribution >= 4 is 28.9 Å². The van der Waals surface area contributed by atoms with E-state index in [1.165, 1.54) is 28.2 Å². The summed E-state index contributed by atoms with van der Waals surface area (Å²) in [5.41, 5.74) is 2.27. The third-order valence-electron chi connectivity index (χ3n) is 4.60. The Morgan fingerprint density at radius 1 is 1.13 bits per heavy atom. The Balaban J connectivity index is 1.92. The molecule has 1 aromatic carbocycles. The number of carbonyl (C=O) groups is 2. The molecule has 1 N–H and O–H groups in total. The lowest BCUT2D eigenvalue weighted by molar-refractivity contribution is 0.0533. The van der Waals surface area contributed by atoms with Crippen molar-refractivity contribution < 1.29 is 14.3 Å². The van der Waals surface area contributed by atoms with Gasteiger partial charge in [-0.25, -0.2) is 9.48 Å². The summed E-state index contributed by atoms with van der Waals surface area (Å²) >= 11 is 1.26. The fourth-order valence-electron chi connectivity index (χ4n) is 2.92. The molecule has 0 atom stereocenters. The second kappa shape index (κ2) is 10.2. The molecule has 0 bridgehead atoms. The average Bonchev–Trinajstić information content (AvgIpc) is 3.17. The zero-order valence-corrected chi connectivity index (χ0v) is 18.6. The topological polar surface area (TPSA) is 90.3 Å². The summed E-state index contributed by atoms with van der Waals surface area (Å²) in [5.74, 6) is -0.994. The number of unbranched alkanes of at least 4 members (excludes halogenated alkanes) is 1. The minimum absolute atomic E-state index is 0.105. The Morgan fingerprint density at radius 3 is 2.55 bits per heavy atom. The number of hydrogen-bond donors (Lipinski definition) is 1. The van der Waals surface area contributed by atoms with Gasteiger partial charge < -0.3 is 10.1 Å². The lowest BCUT2D eigenvalue weighted by atomic mass is 10.1. The van der Waals surface area contributed by atoms with E-state index in [9.17, 15) is 14.4 Å². The van der Waals surface area contributed by atoms with Crippen LogP contribution in [0.2, 0.25) is 0 Å².